The van der Waals surface area contributed by atoms with E-state index in [2.05, 4.69) is 4.99 Å². The van der Waals surface area contributed by atoms with E-state index in [0.717, 1.165) is 4.70 Å². The van der Waals surface area contributed by atoms with E-state index in [1.807, 2.05) is 0 Å². The number of hydrogen-bond acceptors (Lipinski definition) is 7. The maximum Gasteiger partial charge on any atom is 0.325 e. The summed E-state index contributed by atoms with van der Waals surface area (Å²) in [6.45, 7) is -0.484. The minimum atomic E-state index is -0.560. The molecular formula is C20H18Cl2N2O6S. The zero-order valence-electron chi connectivity index (χ0n) is 16.8. The lowest BCUT2D eigenvalue weighted by molar-refractivity contribution is -0.141. The molecule has 11 heteroatoms. The number of amides is 1. The third-order valence-electron chi connectivity index (χ3n) is 4.17. The van der Waals surface area contributed by atoms with Crippen molar-refractivity contribution in [3.63, 3.8) is 0 Å². The van der Waals surface area contributed by atoms with E-state index in [9.17, 15) is 9.59 Å². The number of esters is 1. The summed E-state index contributed by atoms with van der Waals surface area (Å²) in [5, 5.41) is 0.732. The molecule has 1 heterocycles. The van der Waals surface area contributed by atoms with Gasteiger partial charge in [0.25, 0.3) is 5.91 Å². The molecule has 0 aliphatic carbocycles. The van der Waals surface area contributed by atoms with Crippen molar-refractivity contribution in [2.45, 2.75) is 6.54 Å². The first-order valence-electron chi connectivity index (χ1n) is 8.83. The second-order valence-electron chi connectivity index (χ2n) is 6.09. The number of hydrogen-bond donors (Lipinski definition) is 0. The predicted octanol–water partition coefficient (Wildman–Crippen LogP) is 3.71. The summed E-state index contributed by atoms with van der Waals surface area (Å²) in [4.78, 5) is 28.8. The molecule has 3 aromatic rings. The van der Waals surface area contributed by atoms with Crippen LogP contribution in [-0.4, -0.2) is 44.4 Å². The molecule has 164 valence electrons. The van der Waals surface area contributed by atoms with Crippen molar-refractivity contribution in [2.24, 2.45) is 4.99 Å². The lowest BCUT2D eigenvalue weighted by Crippen LogP contribution is -2.23. The smallest absolute Gasteiger partial charge is 0.325 e. The molecule has 0 fully saturated rings. The van der Waals surface area contributed by atoms with Crippen molar-refractivity contribution in [3.8, 4) is 17.2 Å². The van der Waals surface area contributed by atoms with Crippen molar-refractivity contribution in [3.05, 3.63) is 45.2 Å². The van der Waals surface area contributed by atoms with E-state index in [1.54, 1.807) is 28.8 Å². The Kier molecular flexibility index (Phi) is 7.42. The second kappa shape index (κ2) is 10.0. The molecule has 0 radical (unpaired) electrons. The van der Waals surface area contributed by atoms with Crippen molar-refractivity contribution in [1.29, 1.82) is 0 Å². The Morgan fingerprint density at radius 3 is 2.39 bits per heavy atom. The number of methoxy groups -OCH3 is 3. The second-order valence-corrected chi connectivity index (χ2v) is 7.94. The van der Waals surface area contributed by atoms with Gasteiger partial charge in [0.2, 0.25) is 0 Å². The average molecular weight is 485 g/mol. The van der Waals surface area contributed by atoms with Crippen LogP contribution in [0.1, 0.15) is 0 Å². The van der Waals surface area contributed by atoms with Gasteiger partial charge >= 0.3 is 5.97 Å². The van der Waals surface area contributed by atoms with Crippen molar-refractivity contribution in [1.82, 2.24) is 4.57 Å². The molecule has 31 heavy (non-hydrogen) atoms. The fourth-order valence-corrected chi connectivity index (χ4v) is 4.22. The number of thiazole rings is 1. The highest BCUT2D eigenvalue weighted by Crippen LogP contribution is 2.33. The number of nitrogens with zero attached hydrogens (tertiary/aromatic N) is 2. The Morgan fingerprint density at radius 2 is 1.74 bits per heavy atom. The van der Waals surface area contributed by atoms with E-state index in [0.29, 0.717) is 32.6 Å². The lowest BCUT2D eigenvalue weighted by Gasteiger charge is -2.09. The van der Waals surface area contributed by atoms with Gasteiger partial charge in [-0.05, 0) is 18.2 Å². The molecule has 0 saturated heterocycles. The Hall–Kier alpha value is -2.75. The number of benzene rings is 2. The fraction of sp³-hybridized carbons (Fsp3) is 0.250. The van der Waals surface area contributed by atoms with Gasteiger partial charge in [-0.15, -0.1) is 0 Å². The molecule has 0 unspecified atom stereocenters. The van der Waals surface area contributed by atoms with Crippen LogP contribution in [0.15, 0.2) is 35.3 Å². The minimum absolute atomic E-state index is 0.137. The summed E-state index contributed by atoms with van der Waals surface area (Å²) in [7, 11) is 4.31. The van der Waals surface area contributed by atoms with Gasteiger partial charge in [0.15, 0.2) is 22.9 Å². The lowest BCUT2D eigenvalue weighted by atomic mass is 10.3. The Morgan fingerprint density at radius 1 is 1.03 bits per heavy atom. The standard InChI is InChI=1S/C20H18Cl2N2O6S/c1-27-15-7-13-17(8-16(15)28-2)31-20(24(13)9-19(26)29-3)23-18(25)10-30-14-5-4-11(21)6-12(14)22/h4-8H,9-10H2,1-3H3. The van der Waals surface area contributed by atoms with E-state index in [-0.39, 0.29) is 18.2 Å². The van der Waals surface area contributed by atoms with Crippen molar-refractivity contribution < 1.29 is 28.5 Å². The molecule has 0 aliphatic rings. The maximum absolute atomic E-state index is 12.5. The van der Waals surface area contributed by atoms with Gasteiger partial charge in [0.05, 0.1) is 36.6 Å². The monoisotopic (exact) mass is 484 g/mol. The van der Waals surface area contributed by atoms with Crippen LogP contribution in [0.3, 0.4) is 0 Å². The quantitative estimate of drug-likeness (QED) is 0.475. The molecule has 0 saturated carbocycles. The minimum Gasteiger partial charge on any atom is -0.493 e. The molecule has 3 rings (SSSR count). The Bertz CT molecular complexity index is 1200. The molecule has 0 N–H and O–H groups in total. The fourth-order valence-electron chi connectivity index (χ4n) is 2.70. The van der Waals surface area contributed by atoms with Gasteiger partial charge in [-0.3, -0.25) is 9.59 Å². The van der Waals surface area contributed by atoms with Gasteiger partial charge in [-0.2, -0.15) is 4.99 Å². The number of halogens is 2. The molecule has 0 spiro atoms. The van der Waals surface area contributed by atoms with Crippen LogP contribution in [-0.2, 0) is 20.9 Å². The first-order chi connectivity index (χ1) is 14.9. The SMILES string of the molecule is COC(=O)Cn1c(=NC(=O)COc2ccc(Cl)cc2Cl)sc2cc(OC)c(OC)cc21. The molecule has 0 atom stereocenters. The number of carbonyl (C=O) groups is 2. The summed E-state index contributed by atoms with van der Waals surface area (Å²) in [6.07, 6.45) is 0. The van der Waals surface area contributed by atoms with Crippen LogP contribution >= 0.6 is 34.5 Å². The van der Waals surface area contributed by atoms with Gasteiger partial charge in [0.1, 0.15) is 12.3 Å². The zero-order chi connectivity index (χ0) is 22.5. The number of fused-ring (bicyclic) bond motifs is 1. The van der Waals surface area contributed by atoms with Crippen LogP contribution in [0.5, 0.6) is 17.2 Å². The highest BCUT2D eigenvalue weighted by atomic mass is 35.5. The third kappa shape index (κ3) is 5.30. The molecular weight excluding hydrogens is 467 g/mol. The van der Waals surface area contributed by atoms with Gasteiger partial charge < -0.3 is 23.5 Å². The van der Waals surface area contributed by atoms with Gasteiger partial charge in [-0.25, -0.2) is 0 Å². The first kappa shape index (κ1) is 22.9. The normalized spacial score (nSPS) is 11.5. The first-order valence-corrected chi connectivity index (χ1v) is 10.4. The molecule has 1 amide bonds. The van der Waals surface area contributed by atoms with E-state index >= 15 is 0 Å². The van der Waals surface area contributed by atoms with Crippen molar-refractivity contribution in [2.75, 3.05) is 27.9 Å². The summed E-state index contributed by atoms with van der Waals surface area (Å²) >= 11 is 13.1. The Labute approximate surface area is 191 Å². The molecule has 2 aromatic carbocycles. The number of aromatic nitrogens is 1. The molecule has 8 nitrogen and oxygen atoms in total. The molecule has 1 aromatic heterocycles. The topological polar surface area (TPSA) is 88.4 Å². The largest absolute Gasteiger partial charge is 0.493 e. The summed E-state index contributed by atoms with van der Waals surface area (Å²) in [5.41, 5.74) is 0.640. The third-order valence-corrected chi connectivity index (χ3v) is 5.74. The van der Waals surface area contributed by atoms with Gasteiger partial charge in [0, 0.05) is 17.2 Å². The summed E-state index contributed by atoms with van der Waals surface area (Å²) < 4.78 is 23.2. The highest BCUT2D eigenvalue weighted by Gasteiger charge is 2.16. The molecule has 0 aliphatic heterocycles. The summed E-state index contributed by atoms with van der Waals surface area (Å²) in [5.74, 6) is 0.246. The number of carbonyl (C=O) groups excluding carboxylic acids is 2. The van der Waals surface area contributed by atoms with Crippen LogP contribution in [0.4, 0.5) is 0 Å². The zero-order valence-corrected chi connectivity index (χ0v) is 19.1. The molecule has 0 bridgehead atoms. The van der Waals surface area contributed by atoms with Crippen LogP contribution < -0.4 is 19.0 Å². The van der Waals surface area contributed by atoms with Crippen molar-refractivity contribution >= 4 is 56.6 Å². The Balaban J connectivity index is 1.98. The van der Waals surface area contributed by atoms with E-state index in [1.165, 1.54) is 38.7 Å². The number of ether oxygens (including phenoxy) is 4. The van der Waals surface area contributed by atoms with Gasteiger partial charge in [-0.1, -0.05) is 34.5 Å². The van der Waals surface area contributed by atoms with Crippen LogP contribution in [0, 0.1) is 0 Å². The number of rotatable bonds is 7. The highest BCUT2D eigenvalue weighted by molar-refractivity contribution is 7.16. The summed E-state index contributed by atoms with van der Waals surface area (Å²) in [6, 6.07) is 8.13. The maximum atomic E-state index is 12.5. The van der Waals surface area contributed by atoms with E-state index in [4.69, 9.17) is 42.1 Å². The predicted molar refractivity (Wildman–Crippen MR) is 117 cm³/mol. The van der Waals surface area contributed by atoms with Crippen LogP contribution in [0.25, 0.3) is 10.2 Å². The average Bonchev–Trinajstić information content (AvgIpc) is 3.07. The van der Waals surface area contributed by atoms with Crippen LogP contribution in [0.2, 0.25) is 10.0 Å². The van der Waals surface area contributed by atoms with E-state index < -0.39 is 11.9 Å².